The molecule has 1 unspecified atom stereocenters. The van der Waals surface area contributed by atoms with Crippen LogP contribution in [0.2, 0.25) is 0 Å². The average molecular weight is 399 g/mol. The molecule has 0 heterocycles. The molecule has 0 amide bonds. The minimum absolute atomic E-state index is 0.0166. The maximum absolute atomic E-state index is 12.5. The highest BCUT2D eigenvalue weighted by molar-refractivity contribution is 7.87. The van der Waals surface area contributed by atoms with Gasteiger partial charge < -0.3 is 9.29 Å². The fourth-order valence-corrected chi connectivity index (χ4v) is 4.75. The van der Waals surface area contributed by atoms with Gasteiger partial charge in [-0.15, -0.1) is 0 Å². The standard InChI is InChI=1S/C22H38O4S/c1-4-6-7-8-9-10-11-12-13-14-15-22(5-2)27(24,25)26-21-17-19(3)16-20(23)18-21/h16-18,22-23H,4-15H2,1-3H3. The molecule has 0 spiro atoms. The Balaban J connectivity index is 2.31. The molecule has 0 aliphatic carbocycles. The third kappa shape index (κ3) is 10.0. The third-order valence-electron chi connectivity index (χ3n) is 4.99. The van der Waals surface area contributed by atoms with Crippen LogP contribution in [0.25, 0.3) is 0 Å². The Labute approximate surface area is 166 Å². The molecule has 156 valence electrons. The van der Waals surface area contributed by atoms with Gasteiger partial charge in [0.2, 0.25) is 0 Å². The zero-order chi connectivity index (χ0) is 20.1. The Morgan fingerprint density at radius 3 is 1.96 bits per heavy atom. The molecule has 1 atom stereocenters. The van der Waals surface area contributed by atoms with Gasteiger partial charge in [0, 0.05) is 6.07 Å². The van der Waals surface area contributed by atoms with Gasteiger partial charge in [-0.25, -0.2) is 0 Å². The summed E-state index contributed by atoms with van der Waals surface area (Å²) < 4.78 is 30.4. The highest BCUT2D eigenvalue weighted by Crippen LogP contribution is 2.25. The lowest BCUT2D eigenvalue weighted by Crippen LogP contribution is -2.25. The van der Waals surface area contributed by atoms with E-state index in [1.54, 1.807) is 19.1 Å². The van der Waals surface area contributed by atoms with Gasteiger partial charge in [-0.1, -0.05) is 78.1 Å². The van der Waals surface area contributed by atoms with Crippen LogP contribution >= 0.6 is 0 Å². The normalized spacial score (nSPS) is 12.9. The molecule has 5 heteroatoms. The van der Waals surface area contributed by atoms with Crippen molar-refractivity contribution < 1.29 is 17.7 Å². The molecule has 0 saturated heterocycles. The molecule has 0 saturated carbocycles. The van der Waals surface area contributed by atoms with Crippen LogP contribution in [0.3, 0.4) is 0 Å². The molecule has 1 aromatic carbocycles. The summed E-state index contributed by atoms with van der Waals surface area (Å²) in [4.78, 5) is 0. The second kappa shape index (κ2) is 13.0. The molecule has 1 rings (SSSR count). The maximum atomic E-state index is 12.5. The number of rotatable bonds is 15. The summed E-state index contributed by atoms with van der Waals surface area (Å²) in [5, 5.41) is 9.12. The van der Waals surface area contributed by atoms with Crippen LogP contribution in [0, 0.1) is 6.92 Å². The van der Waals surface area contributed by atoms with E-state index in [0.717, 1.165) is 18.4 Å². The first-order chi connectivity index (χ1) is 12.9. The van der Waals surface area contributed by atoms with Crippen LogP contribution < -0.4 is 4.18 Å². The largest absolute Gasteiger partial charge is 0.508 e. The number of phenolic OH excluding ortho intramolecular Hbond substituents is 1. The first-order valence-corrected chi connectivity index (χ1v) is 12.1. The van der Waals surface area contributed by atoms with E-state index in [1.807, 2.05) is 6.92 Å². The van der Waals surface area contributed by atoms with Crippen LogP contribution in [0.5, 0.6) is 11.5 Å². The molecule has 0 radical (unpaired) electrons. The molecule has 27 heavy (non-hydrogen) atoms. The third-order valence-corrected chi connectivity index (χ3v) is 6.80. The topological polar surface area (TPSA) is 63.6 Å². The van der Waals surface area contributed by atoms with E-state index in [1.165, 1.54) is 57.4 Å². The lowest BCUT2D eigenvalue weighted by molar-refractivity contribution is 0.448. The van der Waals surface area contributed by atoms with Gasteiger partial charge in [0.15, 0.2) is 0 Å². The van der Waals surface area contributed by atoms with Crippen LogP contribution in [-0.2, 0) is 10.1 Å². The molecular formula is C22H38O4S. The predicted octanol–water partition coefficient (Wildman–Crippen LogP) is 6.50. The second-order valence-electron chi connectivity index (χ2n) is 7.58. The zero-order valence-corrected chi connectivity index (χ0v) is 18.2. The minimum Gasteiger partial charge on any atom is -0.508 e. The second-order valence-corrected chi connectivity index (χ2v) is 9.40. The molecule has 0 aliphatic rings. The summed E-state index contributed by atoms with van der Waals surface area (Å²) in [6.45, 7) is 5.91. The maximum Gasteiger partial charge on any atom is 0.312 e. The van der Waals surface area contributed by atoms with E-state index >= 15 is 0 Å². The summed E-state index contributed by atoms with van der Waals surface area (Å²) >= 11 is 0. The number of hydrogen-bond acceptors (Lipinski definition) is 4. The van der Waals surface area contributed by atoms with E-state index in [-0.39, 0.29) is 11.5 Å². The predicted molar refractivity (Wildman–Crippen MR) is 113 cm³/mol. The van der Waals surface area contributed by atoms with Gasteiger partial charge >= 0.3 is 10.1 Å². The van der Waals surface area contributed by atoms with Crippen molar-refractivity contribution in [2.24, 2.45) is 0 Å². The molecule has 1 aromatic rings. The van der Waals surface area contributed by atoms with Gasteiger partial charge in [0.1, 0.15) is 11.5 Å². The highest BCUT2D eigenvalue weighted by atomic mass is 32.2. The van der Waals surface area contributed by atoms with Crippen molar-refractivity contribution in [3.05, 3.63) is 23.8 Å². The van der Waals surface area contributed by atoms with Crippen molar-refractivity contribution in [2.45, 2.75) is 103 Å². The van der Waals surface area contributed by atoms with E-state index in [2.05, 4.69) is 6.92 Å². The Hall–Kier alpha value is -1.23. The Kier molecular flexibility index (Phi) is 11.5. The minimum atomic E-state index is -3.68. The number of benzene rings is 1. The molecule has 0 aromatic heterocycles. The van der Waals surface area contributed by atoms with Gasteiger partial charge in [-0.2, -0.15) is 8.42 Å². The van der Waals surface area contributed by atoms with Gasteiger partial charge in [0.05, 0.1) is 5.25 Å². The molecule has 4 nitrogen and oxygen atoms in total. The Morgan fingerprint density at radius 2 is 1.44 bits per heavy atom. The summed E-state index contributed by atoms with van der Waals surface area (Å²) in [5.74, 6) is 0.206. The quantitative estimate of drug-likeness (QED) is 0.270. The van der Waals surface area contributed by atoms with Crippen LogP contribution in [0.1, 0.15) is 96.5 Å². The molecule has 1 N–H and O–H groups in total. The summed E-state index contributed by atoms with van der Waals surface area (Å²) in [7, 11) is -3.68. The molecule has 0 fully saturated rings. The lowest BCUT2D eigenvalue weighted by Gasteiger charge is -2.16. The number of unbranched alkanes of at least 4 members (excludes halogenated alkanes) is 9. The van der Waals surface area contributed by atoms with Crippen LogP contribution in [-0.4, -0.2) is 18.8 Å². The van der Waals surface area contributed by atoms with E-state index in [4.69, 9.17) is 4.18 Å². The lowest BCUT2D eigenvalue weighted by atomic mass is 10.0. The number of phenols is 1. The smallest absolute Gasteiger partial charge is 0.312 e. The van der Waals surface area contributed by atoms with Crippen molar-refractivity contribution in [3.8, 4) is 11.5 Å². The zero-order valence-electron chi connectivity index (χ0n) is 17.4. The van der Waals surface area contributed by atoms with Crippen LogP contribution in [0.15, 0.2) is 18.2 Å². The summed E-state index contributed by atoms with van der Waals surface area (Å²) in [6, 6.07) is 4.54. The molecule has 0 aliphatic heterocycles. The van der Waals surface area contributed by atoms with Gasteiger partial charge in [-0.3, -0.25) is 0 Å². The fraction of sp³-hybridized carbons (Fsp3) is 0.727. The van der Waals surface area contributed by atoms with Crippen molar-refractivity contribution in [3.63, 3.8) is 0 Å². The van der Waals surface area contributed by atoms with Crippen molar-refractivity contribution in [1.29, 1.82) is 0 Å². The van der Waals surface area contributed by atoms with Crippen LogP contribution in [0.4, 0.5) is 0 Å². The number of aromatic hydroxyl groups is 1. The monoisotopic (exact) mass is 398 g/mol. The summed E-state index contributed by atoms with van der Waals surface area (Å²) in [5.41, 5.74) is 0.767. The number of hydrogen-bond donors (Lipinski definition) is 1. The van der Waals surface area contributed by atoms with Gasteiger partial charge in [0.25, 0.3) is 0 Å². The Bertz CT molecular complexity index is 605. The fourth-order valence-electron chi connectivity index (χ4n) is 3.39. The van der Waals surface area contributed by atoms with Crippen molar-refractivity contribution >= 4 is 10.1 Å². The van der Waals surface area contributed by atoms with Crippen molar-refractivity contribution in [1.82, 2.24) is 0 Å². The highest BCUT2D eigenvalue weighted by Gasteiger charge is 2.25. The Morgan fingerprint density at radius 1 is 0.889 bits per heavy atom. The van der Waals surface area contributed by atoms with E-state index in [0.29, 0.717) is 12.8 Å². The molecular weight excluding hydrogens is 360 g/mol. The van der Waals surface area contributed by atoms with E-state index in [9.17, 15) is 13.5 Å². The average Bonchev–Trinajstić information content (AvgIpc) is 2.58. The first kappa shape index (κ1) is 23.8. The first-order valence-electron chi connectivity index (χ1n) is 10.6. The summed E-state index contributed by atoms with van der Waals surface area (Å²) in [6.07, 6.45) is 13.5. The van der Waals surface area contributed by atoms with Crippen molar-refractivity contribution in [2.75, 3.05) is 0 Å². The van der Waals surface area contributed by atoms with E-state index < -0.39 is 15.4 Å². The number of aryl methyl sites for hydroxylation is 1. The van der Waals surface area contributed by atoms with Gasteiger partial charge in [-0.05, 0) is 37.5 Å². The SMILES string of the molecule is CCCCCCCCCCCCC(CC)S(=O)(=O)Oc1cc(C)cc(O)c1. The molecule has 0 bridgehead atoms.